The number of halogens is 1. The number of piperidine rings is 1. The SMILES string of the molecule is Cl.O=C(CC1CC2CCC(C1)N2)NCCC(O)c1ccccc1. The van der Waals surface area contributed by atoms with Crippen molar-refractivity contribution in [2.45, 2.75) is 56.7 Å². The van der Waals surface area contributed by atoms with Crippen LogP contribution >= 0.6 is 12.4 Å². The van der Waals surface area contributed by atoms with Crippen LogP contribution in [-0.4, -0.2) is 29.6 Å². The summed E-state index contributed by atoms with van der Waals surface area (Å²) in [6.07, 6.45) is 5.51. The molecule has 2 saturated heterocycles. The molecule has 0 aliphatic carbocycles. The van der Waals surface area contributed by atoms with Gasteiger partial charge in [-0.2, -0.15) is 0 Å². The molecule has 0 spiro atoms. The summed E-state index contributed by atoms with van der Waals surface area (Å²) in [5.74, 6) is 0.657. The van der Waals surface area contributed by atoms with Gasteiger partial charge in [0.2, 0.25) is 5.91 Å². The predicted octanol–water partition coefficient (Wildman–Crippen LogP) is 2.57. The molecule has 0 radical (unpaired) electrons. The Bertz CT molecular complexity index is 485. The first-order valence-electron chi connectivity index (χ1n) is 8.46. The number of amides is 1. The fourth-order valence-corrected chi connectivity index (χ4v) is 3.87. The fraction of sp³-hybridized carbons (Fsp3) is 0.611. The van der Waals surface area contributed by atoms with Gasteiger partial charge in [0.1, 0.15) is 0 Å². The van der Waals surface area contributed by atoms with Crippen molar-refractivity contribution in [2.75, 3.05) is 6.54 Å². The van der Waals surface area contributed by atoms with E-state index in [4.69, 9.17) is 0 Å². The van der Waals surface area contributed by atoms with Crippen molar-refractivity contribution in [1.29, 1.82) is 0 Å². The lowest BCUT2D eigenvalue weighted by Crippen LogP contribution is -2.39. The van der Waals surface area contributed by atoms with Gasteiger partial charge in [0, 0.05) is 25.0 Å². The molecule has 2 aliphatic rings. The molecule has 2 fully saturated rings. The number of benzene rings is 1. The number of hydrogen-bond donors (Lipinski definition) is 3. The van der Waals surface area contributed by atoms with Gasteiger partial charge < -0.3 is 15.7 Å². The minimum absolute atomic E-state index is 0. The van der Waals surface area contributed by atoms with Crippen molar-refractivity contribution in [2.24, 2.45) is 5.92 Å². The average molecular weight is 339 g/mol. The molecule has 2 heterocycles. The third-order valence-corrected chi connectivity index (χ3v) is 4.97. The summed E-state index contributed by atoms with van der Waals surface area (Å²) in [5, 5.41) is 16.6. The zero-order valence-corrected chi connectivity index (χ0v) is 14.2. The van der Waals surface area contributed by atoms with Crippen molar-refractivity contribution in [3.05, 3.63) is 35.9 Å². The van der Waals surface area contributed by atoms with Gasteiger partial charge in [0.15, 0.2) is 0 Å². The number of rotatable bonds is 6. The van der Waals surface area contributed by atoms with E-state index in [2.05, 4.69) is 10.6 Å². The van der Waals surface area contributed by atoms with E-state index >= 15 is 0 Å². The summed E-state index contributed by atoms with van der Waals surface area (Å²) < 4.78 is 0. The maximum Gasteiger partial charge on any atom is 0.220 e. The summed E-state index contributed by atoms with van der Waals surface area (Å²) in [4.78, 5) is 12.0. The zero-order chi connectivity index (χ0) is 15.4. The Hall–Kier alpha value is -1.10. The molecular formula is C18H27ClN2O2. The molecule has 3 unspecified atom stereocenters. The molecular weight excluding hydrogens is 312 g/mol. The van der Waals surface area contributed by atoms with E-state index in [-0.39, 0.29) is 18.3 Å². The van der Waals surface area contributed by atoms with Crippen LogP contribution in [0.4, 0.5) is 0 Å². The van der Waals surface area contributed by atoms with Crippen LogP contribution in [0.3, 0.4) is 0 Å². The van der Waals surface area contributed by atoms with Crippen molar-refractivity contribution < 1.29 is 9.90 Å². The summed E-state index contributed by atoms with van der Waals surface area (Å²) in [7, 11) is 0. The number of carbonyl (C=O) groups excluding carboxylic acids is 1. The van der Waals surface area contributed by atoms with Gasteiger partial charge >= 0.3 is 0 Å². The Morgan fingerprint density at radius 1 is 1.22 bits per heavy atom. The Kier molecular flexibility index (Phi) is 6.88. The van der Waals surface area contributed by atoms with Gasteiger partial charge in [-0.15, -0.1) is 12.4 Å². The first-order chi connectivity index (χ1) is 10.7. The maximum absolute atomic E-state index is 12.0. The number of fused-ring (bicyclic) bond motifs is 2. The van der Waals surface area contributed by atoms with Gasteiger partial charge in [-0.3, -0.25) is 4.79 Å². The molecule has 5 heteroatoms. The molecule has 23 heavy (non-hydrogen) atoms. The largest absolute Gasteiger partial charge is 0.388 e. The highest BCUT2D eigenvalue weighted by Crippen LogP contribution is 2.32. The van der Waals surface area contributed by atoms with Crippen molar-refractivity contribution in [3.63, 3.8) is 0 Å². The van der Waals surface area contributed by atoms with Crippen LogP contribution < -0.4 is 10.6 Å². The Labute approximate surface area is 144 Å². The number of aliphatic hydroxyl groups excluding tert-OH is 1. The second-order valence-electron chi connectivity index (χ2n) is 6.74. The van der Waals surface area contributed by atoms with E-state index in [1.54, 1.807) is 0 Å². The third-order valence-electron chi connectivity index (χ3n) is 4.97. The molecule has 4 nitrogen and oxygen atoms in total. The van der Waals surface area contributed by atoms with Gasteiger partial charge in [0.05, 0.1) is 6.10 Å². The molecule has 3 atom stereocenters. The molecule has 1 aromatic rings. The highest BCUT2D eigenvalue weighted by atomic mass is 35.5. The van der Waals surface area contributed by atoms with Crippen LogP contribution in [0.15, 0.2) is 30.3 Å². The maximum atomic E-state index is 12.0. The second-order valence-corrected chi connectivity index (χ2v) is 6.74. The standard InChI is InChI=1S/C18H26N2O2.ClH/c21-17(14-4-2-1-3-5-14)8-9-19-18(22)12-13-10-15-6-7-16(11-13)20-15;/h1-5,13,15-17,20-21H,6-12H2,(H,19,22);1H. The number of aliphatic hydroxyl groups is 1. The normalized spacial score (nSPS) is 27.1. The molecule has 3 N–H and O–H groups in total. The Morgan fingerprint density at radius 3 is 2.52 bits per heavy atom. The fourth-order valence-electron chi connectivity index (χ4n) is 3.87. The Morgan fingerprint density at radius 2 is 1.87 bits per heavy atom. The molecule has 2 aliphatic heterocycles. The van der Waals surface area contributed by atoms with Crippen LogP contribution in [0.2, 0.25) is 0 Å². The lowest BCUT2D eigenvalue weighted by molar-refractivity contribution is -0.122. The zero-order valence-electron chi connectivity index (χ0n) is 13.4. The molecule has 3 rings (SSSR count). The highest BCUT2D eigenvalue weighted by molar-refractivity contribution is 5.85. The topological polar surface area (TPSA) is 61.4 Å². The summed E-state index contributed by atoms with van der Waals surface area (Å²) in [6.45, 7) is 0.534. The predicted molar refractivity (Wildman–Crippen MR) is 93.6 cm³/mol. The molecule has 0 aromatic heterocycles. The van der Waals surface area contributed by atoms with E-state index in [1.807, 2.05) is 30.3 Å². The average Bonchev–Trinajstić information content (AvgIpc) is 2.87. The monoisotopic (exact) mass is 338 g/mol. The lowest BCUT2D eigenvalue weighted by Gasteiger charge is -2.28. The Balaban J connectivity index is 0.00000192. The molecule has 1 amide bonds. The van der Waals surface area contributed by atoms with Crippen LogP contribution in [-0.2, 0) is 4.79 Å². The molecule has 0 saturated carbocycles. The molecule has 128 valence electrons. The molecule has 1 aromatic carbocycles. The van der Waals surface area contributed by atoms with E-state index in [9.17, 15) is 9.90 Å². The third kappa shape index (κ3) is 5.20. The van der Waals surface area contributed by atoms with Crippen molar-refractivity contribution in [3.8, 4) is 0 Å². The summed E-state index contributed by atoms with van der Waals surface area (Å²) >= 11 is 0. The number of hydrogen-bond acceptors (Lipinski definition) is 3. The first-order valence-corrected chi connectivity index (χ1v) is 8.46. The van der Waals surface area contributed by atoms with Crippen molar-refractivity contribution >= 4 is 18.3 Å². The van der Waals surface area contributed by atoms with Crippen molar-refractivity contribution in [1.82, 2.24) is 10.6 Å². The first kappa shape index (κ1) is 18.2. The van der Waals surface area contributed by atoms with E-state index in [0.717, 1.165) is 18.4 Å². The van der Waals surface area contributed by atoms with Gasteiger partial charge in [-0.1, -0.05) is 30.3 Å². The minimum atomic E-state index is -0.503. The van der Waals surface area contributed by atoms with Gasteiger partial charge in [-0.25, -0.2) is 0 Å². The molecule has 2 bridgehead atoms. The van der Waals surface area contributed by atoms with Gasteiger partial charge in [-0.05, 0) is 43.6 Å². The number of nitrogens with one attached hydrogen (secondary N) is 2. The van der Waals surface area contributed by atoms with Crippen LogP contribution in [0, 0.1) is 5.92 Å². The van der Waals surface area contributed by atoms with E-state index < -0.39 is 6.10 Å². The van der Waals surface area contributed by atoms with Crippen LogP contribution in [0.25, 0.3) is 0 Å². The van der Waals surface area contributed by atoms with Crippen LogP contribution in [0.5, 0.6) is 0 Å². The van der Waals surface area contributed by atoms with E-state index in [0.29, 0.717) is 37.4 Å². The second kappa shape index (κ2) is 8.67. The summed E-state index contributed by atoms with van der Waals surface area (Å²) in [5.41, 5.74) is 0.909. The van der Waals surface area contributed by atoms with Gasteiger partial charge in [0.25, 0.3) is 0 Å². The minimum Gasteiger partial charge on any atom is -0.388 e. The quantitative estimate of drug-likeness (QED) is 0.747. The van der Waals surface area contributed by atoms with Crippen LogP contribution in [0.1, 0.15) is 50.2 Å². The van der Waals surface area contributed by atoms with E-state index in [1.165, 1.54) is 12.8 Å². The lowest BCUT2D eigenvalue weighted by atomic mass is 9.89. The summed E-state index contributed by atoms with van der Waals surface area (Å²) in [6, 6.07) is 10.9. The smallest absolute Gasteiger partial charge is 0.220 e. The number of carbonyl (C=O) groups is 1. The highest BCUT2D eigenvalue weighted by Gasteiger charge is 2.34.